The maximum atomic E-state index is 13.3. The summed E-state index contributed by atoms with van der Waals surface area (Å²) in [6.07, 6.45) is -0.992. The van der Waals surface area contributed by atoms with Gasteiger partial charge in [0.05, 0.1) is 18.0 Å². The van der Waals surface area contributed by atoms with Gasteiger partial charge in [-0.05, 0) is 35.9 Å². The molecule has 1 aliphatic heterocycles. The van der Waals surface area contributed by atoms with Gasteiger partial charge in [0.2, 0.25) is 0 Å². The van der Waals surface area contributed by atoms with Crippen LogP contribution in [0.25, 0.3) is 0 Å². The number of nitrogens with zero attached hydrogens (tertiary/aromatic N) is 1. The van der Waals surface area contributed by atoms with E-state index >= 15 is 0 Å². The molecule has 0 saturated heterocycles. The van der Waals surface area contributed by atoms with Crippen molar-refractivity contribution in [2.24, 2.45) is 5.73 Å². The Bertz CT molecular complexity index is 875. The van der Waals surface area contributed by atoms with Gasteiger partial charge in [0.1, 0.15) is 5.75 Å². The number of ether oxygens (including phenoxy) is 2. The molecule has 0 saturated carbocycles. The van der Waals surface area contributed by atoms with Crippen LogP contribution in [0.15, 0.2) is 47.4 Å². The van der Waals surface area contributed by atoms with Crippen molar-refractivity contribution in [3.63, 3.8) is 0 Å². The summed E-state index contributed by atoms with van der Waals surface area (Å²) in [5.41, 5.74) is 7.28. The van der Waals surface area contributed by atoms with E-state index in [0.29, 0.717) is 23.0 Å². The lowest BCUT2D eigenvalue weighted by Gasteiger charge is -2.27. The summed E-state index contributed by atoms with van der Waals surface area (Å²) in [5.74, 6) is -0.130. The van der Waals surface area contributed by atoms with Gasteiger partial charge in [0.25, 0.3) is 5.91 Å². The predicted octanol–water partition coefficient (Wildman–Crippen LogP) is 3.42. The molecule has 8 heteroatoms. The lowest BCUT2D eigenvalue weighted by molar-refractivity contribution is -0.152. The number of carbonyl (C=O) groups is 2. The molecule has 28 heavy (non-hydrogen) atoms. The van der Waals surface area contributed by atoms with E-state index in [4.69, 9.17) is 26.8 Å². The van der Waals surface area contributed by atoms with Gasteiger partial charge in [0, 0.05) is 29.9 Å². The van der Waals surface area contributed by atoms with E-state index in [2.05, 4.69) is 0 Å². The molecule has 0 spiro atoms. The van der Waals surface area contributed by atoms with E-state index in [0.717, 1.165) is 10.5 Å². The number of amides is 1. The van der Waals surface area contributed by atoms with Crippen molar-refractivity contribution in [1.82, 2.24) is 0 Å². The number of halogens is 1. The molecule has 2 atom stereocenters. The SMILES string of the molecule is COc1ccc(C2Sc3cc(Cl)ccc3N(CCN)C(=O)C2OC(C)=O)cc1. The molecule has 1 amide bonds. The molecule has 2 unspecified atom stereocenters. The van der Waals surface area contributed by atoms with Gasteiger partial charge in [-0.2, -0.15) is 0 Å². The molecule has 2 aromatic rings. The van der Waals surface area contributed by atoms with Crippen LogP contribution in [0.2, 0.25) is 5.02 Å². The summed E-state index contributed by atoms with van der Waals surface area (Å²) in [4.78, 5) is 27.5. The van der Waals surface area contributed by atoms with Crippen molar-refractivity contribution < 1.29 is 19.1 Å². The number of nitrogens with two attached hydrogens (primary N) is 1. The monoisotopic (exact) mass is 420 g/mol. The number of anilines is 1. The highest BCUT2D eigenvalue weighted by molar-refractivity contribution is 7.99. The fourth-order valence-electron chi connectivity index (χ4n) is 3.09. The number of methoxy groups -OCH3 is 1. The Hall–Kier alpha value is -2.22. The Balaban J connectivity index is 2.12. The van der Waals surface area contributed by atoms with Gasteiger partial charge >= 0.3 is 5.97 Å². The number of rotatable bonds is 5. The van der Waals surface area contributed by atoms with Gasteiger partial charge in [-0.3, -0.25) is 9.59 Å². The zero-order valence-corrected chi connectivity index (χ0v) is 17.1. The summed E-state index contributed by atoms with van der Waals surface area (Å²) < 4.78 is 10.7. The average molecular weight is 421 g/mol. The minimum Gasteiger partial charge on any atom is -0.497 e. The zero-order chi connectivity index (χ0) is 20.3. The van der Waals surface area contributed by atoms with Crippen LogP contribution < -0.4 is 15.4 Å². The highest BCUT2D eigenvalue weighted by atomic mass is 35.5. The smallest absolute Gasteiger partial charge is 0.303 e. The Morgan fingerprint density at radius 1 is 1.25 bits per heavy atom. The number of hydrogen-bond donors (Lipinski definition) is 1. The normalized spacial score (nSPS) is 19.0. The second-order valence-corrected chi connectivity index (χ2v) is 7.85. The quantitative estimate of drug-likeness (QED) is 0.746. The fourth-order valence-corrected chi connectivity index (χ4v) is 4.69. The van der Waals surface area contributed by atoms with E-state index in [1.54, 1.807) is 24.1 Å². The first kappa shape index (κ1) is 20.5. The summed E-state index contributed by atoms with van der Waals surface area (Å²) in [5, 5.41) is 0.119. The first-order valence-electron chi connectivity index (χ1n) is 8.73. The van der Waals surface area contributed by atoms with E-state index in [-0.39, 0.29) is 12.5 Å². The maximum Gasteiger partial charge on any atom is 0.303 e. The van der Waals surface area contributed by atoms with Crippen LogP contribution in [0.4, 0.5) is 5.69 Å². The topological polar surface area (TPSA) is 81.9 Å². The van der Waals surface area contributed by atoms with Crippen molar-refractivity contribution in [2.45, 2.75) is 23.2 Å². The number of carbonyl (C=O) groups excluding carboxylic acids is 2. The standard InChI is InChI=1S/C20H21ClN2O4S/c1-12(24)27-18-19(13-3-6-15(26-2)7-4-13)28-17-11-14(21)5-8-16(17)23(10-9-22)20(18)25/h3-8,11,18-19H,9-10,22H2,1-2H3. The molecule has 6 nitrogen and oxygen atoms in total. The molecular formula is C20H21ClN2O4S. The van der Waals surface area contributed by atoms with Crippen LogP contribution in [0.3, 0.4) is 0 Å². The third-order valence-corrected chi connectivity index (χ3v) is 5.93. The van der Waals surface area contributed by atoms with E-state index in [1.165, 1.54) is 18.7 Å². The Kier molecular flexibility index (Phi) is 6.49. The molecule has 0 bridgehead atoms. The van der Waals surface area contributed by atoms with Crippen LogP contribution >= 0.6 is 23.4 Å². The first-order chi connectivity index (χ1) is 13.4. The van der Waals surface area contributed by atoms with Gasteiger partial charge in [-0.25, -0.2) is 0 Å². The number of hydrogen-bond acceptors (Lipinski definition) is 6. The summed E-state index contributed by atoms with van der Waals surface area (Å²) in [6, 6.07) is 12.7. The summed E-state index contributed by atoms with van der Waals surface area (Å²) in [6.45, 7) is 1.88. The molecule has 2 N–H and O–H groups in total. The van der Waals surface area contributed by atoms with Crippen LogP contribution in [0, 0.1) is 0 Å². The molecule has 0 aliphatic carbocycles. The minimum absolute atomic E-state index is 0.276. The van der Waals surface area contributed by atoms with Crippen LogP contribution in [0.1, 0.15) is 17.7 Å². The molecule has 0 radical (unpaired) electrons. The lowest BCUT2D eigenvalue weighted by atomic mass is 10.1. The van der Waals surface area contributed by atoms with Crippen LogP contribution in [0.5, 0.6) is 5.75 Å². The van der Waals surface area contributed by atoms with Crippen molar-refractivity contribution >= 4 is 40.9 Å². The van der Waals surface area contributed by atoms with Crippen molar-refractivity contribution in [3.05, 3.63) is 53.1 Å². The number of esters is 1. The zero-order valence-electron chi connectivity index (χ0n) is 15.6. The maximum absolute atomic E-state index is 13.3. The first-order valence-corrected chi connectivity index (χ1v) is 9.99. The molecule has 1 aliphatic rings. The molecule has 0 aromatic heterocycles. The second kappa shape index (κ2) is 8.86. The van der Waals surface area contributed by atoms with Crippen molar-refractivity contribution in [1.29, 1.82) is 0 Å². The van der Waals surface area contributed by atoms with Gasteiger partial charge in [-0.15, -0.1) is 11.8 Å². The van der Waals surface area contributed by atoms with E-state index in [1.807, 2.05) is 30.3 Å². The van der Waals surface area contributed by atoms with Crippen molar-refractivity contribution in [2.75, 3.05) is 25.1 Å². The molecular weight excluding hydrogens is 400 g/mol. The summed E-state index contributed by atoms with van der Waals surface area (Å²) in [7, 11) is 1.59. The Labute approximate surface area is 172 Å². The Morgan fingerprint density at radius 2 is 1.96 bits per heavy atom. The predicted molar refractivity (Wildman–Crippen MR) is 110 cm³/mol. The van der Waals surface area contributed by atoms with Crippen LogP contribution in [-0.2, 0) is 14.3 Å². The third-order valence-electron chi connectivity index (χ3n) is 4.34. The number of fused-ring (bicyclic) bond motifs is 1. The highest BCUT2D eigenvalue weighted by Crippen LogP contribution is 2.47. The van der Waals surface area contributed by atoms with Gasteiger partial charge in [-0.1, -0.05) is 23.7 Å². The number of thioether (sulfide) groups is 1. The molecule has 3 rings (SSSR count). The molecule has 0 fully saturated rings. The highest BCUT2D eigenvalue weighted by Gasteiger charge is 2.40. The third kappa shape index (κ3) is 4.27. The van der Waals surface area contributed by atoms with E-state index in [9.17, 15) is 9.59 Å². The Morgan fingerprint density at radius 3 is 2.57 bits per heavy atom. The lowest BCUT2D eigenvalue weighted by Crippen LogP contribution is -2.44. The van der Waals surface area contributed by atoms with Crippen LogP contribution in [-0.4, -0.2) is 38.2 Å². The fraction of sp³-hybridized carbons (Fsp3) is 0.300. The average Bonchev–Trinajstić information content (AvgIpc) is 2.78. The molecule has 1 heterocycles. The summed E-state index contributed by atoms with van der Waals surface area (Å²) >= 11 is 7.64. The number of benzene rings is 2. The largest absolute Gasteiger partial charge is 0.497 e. The van der Waals surface area contributed by atoms with E-state index < -0.39 is 17.3 Å². The van der Waals surface area contributed by atoms with Gasteiger partial charge < -0.3 is 20.1 Å². The molecule has 148 valence electrons. The second-order valence-electron chi connectivity index (χ2n) is 6.23. The van der Waals surface area contributed by atoms with Crippen molar-refractivity contribution in [3.8, 4) is 5.75 Å². The minimum atomic E-state index is -0.992. The van der Waals surface area contributed by atoms with Gasteiger partial charge in [0.15, 0.2) is 6.10 Å². The molecule has 2 aromatic carbocycles.